The summed E-state index contributed by atoms with van der Waals surface area (Å²) in [5.41, 5.74) is 12.3. The summed E-state index contributed by atoms with van der Waals surface area (Å²) in [6, 6.07) is 39.6. The second-order valence-electron chi connectivity index (χ2n) is 12.8. The van der Waals surface area contributed by atoms with E-state index >= 15 is 0 Å². The first-order valence-corrected chi connectivity index (χ1v) is 16.1. The Morgan fingerprint density at radius 2 is 1.53 bits per heavy atom. The summed E-state index contributed by atoms with van der Waals surface area (Å²) in [7, 11) is 0. The lowest BCUT2D eigenvalue weighted by Gasteiger charge is -2.31. The van der Waals surface area contributed by atoms with E-state index < -0.39 is 0 Å². The molecular weight excluding hydrogens is 567 g/mol. The average Bonchev–Trinajstić information content (AvgIpc) is 3.68. The molecule has 9 rings (SSSR count). The monoisotopic (exact) mass is 593 g/mol. The number of thiophene rings is 1. The summed E-state index contributed by atoms with van der Waals surface area (Å²) in [4.78, 5) is 2.39. The maximum absolute atomic E-state index is 9.92. The molecule has 0 bridgehead atoms. The average molecular weight is 594 g/mol. The largest absolute Gasteiger partial charge is 0.333 e. The zero-order valence-electron chi connectivity index (χ0n) is 24.9. The van der Waals surface area contributed by atoms with Gasteiger partial charge in [0.2, 0.25) is 0 Å². The summed E-state index contributed by atoms with van der Waals surface area (Å²) >= 11 is 1.85. The number of nitrogens with zero attached hydrogens (tertiary/aromatic N) is 3. The van der Waals surface area contributed by atoms with Gasteiger partial charge in [-0.2, -0.15) is 10.5 Å². The van der Waals surface area contributed by atoms with E-state index in [1.807, 2.05) is 29.5 Å². The van der Waals surface area contributed by atoms with E-state index in [9.17, 15) is 10.5 Å². The van der Waals surface area contributed by atoms with Crippen LogP contribution in [0.2, 0.25) is 0 Å². The van der Waals surface area contributed by atoms with E-state index in [2.05, 4.69) is 128 Å². The number of hydrogen-bond donors (Lipinski definition) is 0. The van der Waals surface area contributed by atoms with Crippen LogP contribution in [0.25, 0.3) is 42.4 Å². The molecule has 2 heterocycles. The number of rotatable bonds is 2. The smallest absolute Gasteiger partial charge is 0.0991 e. The Labute approximate surface area is 266 Å². The van der Waals surface area contributed by atoms with Crippen molar-refractivity contribution in [3.63, 3.8) is 0 Å². The van der Waals surface area contributed by atoms with Crippen LogP contribution >= 0.6 is 11.3 Å². The molecule has 1 aliphatic heterocycles. The Morgan fingerprint density at radius 1 is 0.711 bits per heavy atom. The highest BCUT2D eigenvalue weighted by Crippen LogP contribution is 2.53. The Kier molecular flexibility index (Phi) is 5.37. The lowest BCUT2D eigenvalue weighted by atomic mass is 9.82. The van der Waals surface area contributed by atoms with Crippen molar-refractivity contribution in [1.29, 1.82) is 10.5 Å². The zero-order valence-corrected chi connectivity index (χ0v) is 25.7. The quantitative estimate of drug-likeness (QED) is 0.201. The van der Waals surface area contributed by atoms with Crippen LogP contribution in [-0.2, 0) is 5.41 Å². The highest BCUT2D eigenvalue weighted by molar-refractivity contribution is 7.25. The molecule has 0 saturated carbocycles. The molecule has 0 fully saturated rings. The molecule has 4 heteroatoms. The van der Waals surface area contributed by atoms with Crippen molar-refractivity contribution < 1.29 is 0 Å². The summed E-state index contributed by atoms with van der Waals surface area (Å²) < 4.78 is 2.54. The fourth-order valence-electron chi connectivity index (χ4n) is 7.89. The molecule has 0 amide bonds. The Bertz CT molecular complexity index is 2410. The lowest BCUT2D eigenvalue weighted by Crippen LogP contribution is -2.29. The molecule has 0 saturated heterocycles. The fraction of sp³-hybridized carbons (Fsp3) is 0.122. The SMILES string of the molecule is CC1(C)c2ccccc2-c2cc3c(cc21)sc1cc(-c2cc(C#N)ccc2N2c4ccccc4C4C=C(C#N)C=CC42)ccc13. The van der Waals surface area contributed by atoms with Gasteiger partial charge in [0.15, 0.2) is 0 Å². The van der Waals surface area contributed by atoms with Crippen LogP contribution in [0.15, 0.2) is 121 Å². The molecule has 2 unspecified atom stereocenters. The van der Waals surface area contributed by atoms with Gasteiger partial charge in [0.25, 0.3) is 0 Å². The maximum Gasteiger partial charge on any atom is 0.0991 e. The third kappa shape index (κ3) is 3.61. The molecule has 2 atom stereocenters. The maximum atomic E-state index is 9.92. The number of fused-ring (bicyclic) bond motifs is 9. The van der Waals surface area contributed by atoms with Gasteiger partial charge in [-0.1, -0.05) is 80.6 Å². The third-order valence-corrected chi connectivity index (χ3v) is 11.2. The highest BCUT2D eigenvalue weighted by Gasteiger charge is 2.39. The van der Waals surface area contributed by atoms with Crippen LogP contribution < -0.4 is 4.90 Å². The van der Waals surface area contributed by atoms with Crippen molar-refractivity contribution in [2.75, 3.05) is 4.90 Å². The number of anilines is 2. The molecule has 2 aliphatic carbocycles. The van der Waals surface area contributed by atoms with Gasteiger partial charge in [-0.25, -0.2) is 0 Å². The number of para-hydroxylation sites is 1. The van der Waals surface area contributed by atoms with Crippen molar-refractivity contribution in [3.8, 4) is 34.4 Å². The second-order valence-corrected chi connectivity index (χ2v) is 13.8. The number of hydrogen-bond acceptors (Lipinski definition) is 4. The number of nitriles is 2. The molecule has 212 valence electrons. The van der Waals surface area contributed by atoms with E-state index in [1.165, 1.54) is 48.0 Å². The van der Waals surface area contributed by atoms with Crippen LogP contribution in [0.1, 0.15) is 42.0 Å². The van der Waals surface area contributed by atoms with Gasteiger partial charge >= 0.3 is 0 Å². The van der Waals surface area contributed by atoms with Gasteiger partial charge in [-0.05, 0) is 81.9 Å². The van der Waals surface area contributed by atoms with Crippen LogP contribution in [0, 0.1) is 22.7 Å². The summed E-state index contributed by atoms with van der Waals surface area (Å²) in [5, 5.41) is 22.1. The zero-order chi connectivity index (χ0) is 30.4. The topological polar surface area (TPSA) is 50.8 Å². The Balaban J connectivity index is 1.22. The first-order valence-electron chi connectivity index (χ1n) is 15.3. The van der Waals surface area contributed by atoms with E-state index in [0.717, 1.165) is 22.5 Å². The van der Waals surface area contributed by atoms with Crippen molar-refractivity contribution in [1.82, 2.24) is 0 Å². The predicted octanol–water partition coefficient (Wildman–Crippen LogP) is 10.5. The van der Waals surface area contributed by atoms with Crippen molar-refractivity contribution in [2.45, 2.75) is 31.2 Å². The third-order valence-electron chi connectivity index (χ3n) is 10.1. The van der Waals surface area contributed by atoms with Gasteiger partial charge in [0, 0.05) is 54.0 Å². The van der Waals surface area contributed by atoms with Gasteiger partial charge in [0.1, 0.15) is 0 Å². The van der Waals surface area contributed by atoms with Crippen molar-refractivity contribution in [3.05, 3.63) is 143 Å². The van der Waals surface area contributed by atoms with E-state index in [-0.39, 0.29) is 17.4 Å². The Hall–Kier alpha value is -5.42. The molecule has 0 radical (unpaired) electrons. The molecule has 3 nitrogen and oxygen atoms in total. The van der Waals surface area contributed by atoms with Crippen LogP contribution in [0.3, 0.4) is 0 Å². The highest BCUT2D eigenvalue weighted by atomic mass is 32.1. The summed E-state index contributed by atoms with van der Waals surface area (Å²) in [6.45, 7) is 4.66. The van der Waals surface area contributed by atoms with E-state index in [1.54, 1.807) is 0 Å². The molecule has 5 aromatic carbocycles. The van der Waals surface area contributed by atoms with Crippen LogP contribution in [0.5, 0.6) is 0 Å². The second kappa shape index (κ2) is 9.29. The van der Waals surface area contributed by atoms with Crippen molar-refractivity contribution in [2.24, 2.45) is 0 Å². The number of allylic oxidation sites excluding steroid dienone is 2. The molecule has 1 aromatic heterocycles. The standard InChI is InChI=1S/C41H27N3S/c1-41(2)34-9-5-3-7-27(34)31-20-33-29-14-13-26(19-39(29)45-40(33)21-35(31)41)30-17-24(22-42)11-15-37(30)44-36-10-6-4-8-28(36)32-18-25(23-43)12-16-38(32)44/h3-21,32,38H,1-2H3. The van der Waals surface area contributed by atoms with Gasteiger partial charge in [0.05, 0.1) is 23.7 Å². The van der Waals surface area contributed by atoms with Gasteiger partial charge < -0.3 is 4.90 Å². The minimum atomic E-state index is -0.0330. The molecule has 45 heavy (non-hydrogen) atoms. The minimum Gasteiger partial charge on any atom is -0.333 e. The van der Waals surface area contributed by atoms with Crippen LogP contribution in [-0.4, -0.2) is 6.04 Å². The lowest BCUT2D eigenvalue weighted by molar-refractivity contribution is 0.661. The van der Waals surface area contributed by atoms with E-state index in [4.69, 9.17) is 0 Å². The molecule has 0 spiro atoms. The molecule has 3 aliphatic rings. The first kappa shape index (κ1) is 26.0. The predicted molar refractivity (Wildman–Crippen MR) is 185 cm³/mol. The molecule has 6 aromatic rings. The van der Waals surface area contributed by atoms with Gasteiger partial charge in [-0.15, -0.1) is 11.3 Å². The molecular formula is C41H27N3S. The van der Waals surface area contributed by atoms with E-state index in [0.29, 0.717) is 11.1 Å². The summed E-state index contributed by atoms with van der Waals surface area (Å²) in [5.74, 6) is 0.0887. The van der Waals surface area contributed by atoms with Crippen LogP contribution in [0.4, 0.5) is 11.4 Å². The number of benzene rings is 5. The molecule has 0 N–H and O–H groups in total. The minimum absolute atomic E-state index is 0.0330. The summed E-state index contributed by atoms with van der Waals surface area (Å²) in [6.07, 6.45) is 6.18. The van der Waals surface area contributed by atoms with Crippen molar-refractivity contribution >= 4 is 42.9 Å². The Morgan fingerprint density at radius 3 is 2.40 bits per heavy atom. The fourth-order valence-corrected chi connectivity index (χ4v) is 9.06. The van der Waals surface area contributed by atoms with Gasteiger partial charge in [-0.3, -0.25) is 0 Å². The first-order chi connectivity index (χ1) is 22.0. The normalized spacial score (nSPS) is 18.6.